The second-order valence-corrected chi connectivity index (χ2v) is 6.64. The van der Waals surface area contributed by atoms with Crippen LogP contribution in [0.1, 0.15) is 17.3 Å². The molecule has 0 aliphatic rings. The van der Waals surface area contributed by atoms with Crippen LogP contribution in [0.5, 0.6) is 0 Å². The number of carboxylic acid groups (broad SMARTS) is 1. The van der Waals surface area contributed by atoms with Crippen molar-refractivity contribution in [2.45, 2.75) is 11.8 Å². The highest BCUT2D eigenvalue weighted by molar-refractivity contribution is 7.89. The van der Waals surface area contributed by atoms with Crippen molar-refractivity contribution in [2.75, 3.05) is 6.54 Å². The van der Waals surface area contributed by atoms with Crippen LogP contribution in [0.3, 0.4) is 0 Å². The second-order valence-electron chi connectivity index (χ2n) is 4.88. The molecule has 2 N–H and O–H groups in total. The SMILES string of the molecule is CC(=O)c1ccc(-c2ccc(S(=O)(=O)NCC(=O)O)cc2)cc1. The highest BCUT2D eigenvalue weighted by Crippen LogP contribution is 2.22. The van der Waals surface area contributed by atoms with Crippen LogP contribution in [-0.2, 0) is 14.8 Å². The maximum absolute atomic E-state index is 11.9. The zero-order valence-electron chi connectivity index (χ0n) is 12.3. The molecular formula is C16H15NO5S. The second kappa shape index (κ2) is 6.72. The fourth-order valence-electron chi connectivity index (χ4n) is 1.96. The average Bonchev–Trinajstić information content (AvgIpc) is 2.53. The molecule has 0 aliphatic heterocycles. The van der Waals surface area contributed by atoms with Gasteiger partial charge in [0.1, 0.15) is 6.54 Å². The lowest BCUT2D eigenvalue weighted by molar-refractivity contribution is -0.135. The van der Waals surface area contributed by atoms with Gasteiger partial charge in [-0.05, 0) is 30.2 Å². The number of Topliss-reactive ketones (excluding diaryl/α,β-unsaturated/α-hetero) is 1. The van der Waals surface area contributed by atoms with Gasteiger partial charge < -0.3 is 5.11 Å². The minimum absolute atomic E-state index is 0.0112. The maximum Gasteiger partial charge on any atom is 0.318 e. The van der Waals surface area contributed by atoms with E-state index >= 15 is 0 Å². The van der Waals surface area contributed by atoms with Crippen LogP contribution in [0.4, 0.5) is 0 Å². The molecule has 23 heavy (non-hydrogen) atoms. The van der Waals surface area contributed by atoms with Crippen molar-refractivity contribution in [2.24, 2.45) is 0 Å². The summed E-state index contributed by atoms with van der Waals surface area (Å²) in [6.45, 7) is 0.815. The van der Waals surface area contributed by atoms with Gasteiger partial charge in [0.2, 0.25) is 10.0 Å². The molecule has 0 amide bonds. The molecule has 0 heterocycles. The molecule has 7 heteroatoms. The number of benzene rings is 2. The van der Waals surface area contributed by atoms with Crippen molar-refractivity contribution in [1.82, 2.24) is 4.72 Å². The van der Waals surface area contributed by atoms with Crippen LogP contribution >= 0.6 is 0 Å². The fourth-order valence-corrected chi connectivity index (χ4v) is 2.94. The third-order valence-electron chi connectivity index (χ3n) is 3.20. The topological polar surface area (TPSA) is 101 Å². The third-order valence-corrected chi connectivity index (χ3v) is 4.62. The number of aliphatic carboxylic acids is 1. The summed E-state index contributed by atoms with van der Waals surface area (Å²) in [4.78, 5) is 21.7. The zero-order chi connectivity index (χ0) is 17.0. The van der Waals surface area contributed by atoms with Crippen LogP contribution in [0.15, 0.2) is 53.4 Å². The predicted octanol–water partition coefficient (Wildman–Crippen LogP) is 1.92. The lowest BCUT2D eigenvalue weighted by atomic mass is 10.0. The number of nitrogens with one attached hydrogen (secondary N) is 1. The number of hydrogen-bond donors (Lipinski definition) is 2. The van der Waals surface area contributed by atoms with Crippen molar-refractivity contribution < 1.29 is 23.1 Å². The lowest BCUT2D eigenvalue weighted by Gasteiger charge is -2.07. The van der Waals surface area contributed by atoms with Gasteiger partial charge in [-0.1, -0.05) is 36.4 Å². The number of sulfonamides is 1. The number of carbonyl (C=O) groups is 2. The van der Waals surface area contributed by atoms with E-state index in [0.29, 0.717) is 5.56 Å². The molecule has 0 spiro atoms. The number of hydrogen-bond acceptors (Lipinski definition) is 4. The first-order valence-electron chi connectivity index (χ1n) is 6.72. The van der Waals surface area contributed by atoms with Crippen LogP contribution in [0, 0.1) is 0 Å². The molecule has 2 aromatic carbocycles. The smallest absolute Gasteiger partial charge is 0.318 e. The van der Waals surface area contributed by atoms with Crippen LogP contribution in [0.2, 0.25) is 0 Å². The Kier molecular flexibility index (Phi) is 4.92. The van der Waals surface area contributed by atoms with E-state index < -0.39 is 22.5 Å². The summed E-state index contributed by atoms with van der Waals surface area (Å²) in [7, 11) is -3.85. The fraction of sp³-hybridized carbons (Fsp3) is 0.125. The third kappa shape index (κ3) is 4.24. The van der Waals surface area contributed by atoms with Crippen LogP contribution in [0.25, 0.3) is 11.1 Å². The molecule has 2 rings (SSSR count). The first-order valence-corrected chi connectivity index (χ1v) is 8.21. The standard InChI is InChI=1S/C16H15NO5S/c1-11(18)12-2-4-13(5-3-12)14-6-8-15(9-7-14)23(21,22)17-10-16(19)20/h2-9,17H,10H2,1H3,(H,19,20). The molecule has 2 aromatic rings. The van der Waals surface area contributed by atoms with Gasteiger partial charge in [0.25, 0.3) is 0 Å². The minimum atomic E-state index is -3.85. The van der Waals surface area contributed by atoms with Gasteiger partial charge >= 0.3 is 5.97 Å². The van der Waals surface area contributed by atoms with Gasteiger partial charge in [-0.3, -0.25) is 9.59 Å². The summed E-state index contributed by atoms with van der Waals surface area (Å²) in [6.07, 6.45) is 0. The Hall–Kier alpha value is -2.51. The van der Waals surface area contributed by atoms with Crippen molar-refractivity contribution >= 4 is 21.8 Å². The Morgan fingerprint density at radius 3 is 1.87 bits per heavy atom. The molecule has 0 bridgehead atoms. The Labute approximate surface area is 133 Å². The Morgan fingerprint density at radius 1 is 0.957 bits per heavy atom. The molecule has 0 aliphatic carbocycles. The summed E-state index contributed by atoms with van der Waals surface area (Å²) in [5.74, 6) is -1.28. The highest BCUT2D eigenvalue weighted by Gasteiger charge is 2.15. The molecule has 0 aromatic heterocycles. The monoisotopic (exact) mass is 333 g/mol. The Balaban J connectivity index is 2.22. The number of rotatable bonds is 6. The average molecular weight is 333 g/mol. The molecule has 0 fully saturated rings. The molecule has 0 saturated heterocycles. The molecular weight excluding hydrogens is 318 g/mol. The normalized spacial score (nSPS) is 11.2. The van der Waals surface area contributed by atoms with Crippen LogP contribution < -0.4 is 4.72 Å². The van der Waals surface area contributed by atoms with E-state index in [-0.39, 0.29) is 10.7 Å². The van der Waals surface area contributed by atoms with E-state index in [1.165, 1.54) is 19.1 Å². The van der Waals surface area contributed by atoms with E-state index in [0.717, 1.165) is 11.1 Å². The van der Waals surface area contributed by atoms with Gasteiger partial charge in [0.15, 0.2) is 5.78 Å². The quantitative estimate of drug-likeness (QED) is 0.787. The Bertz CT molecular complexity index is 824. The van der Waals surface area contributed by atoms with Crippen LogP contribution in [-0.4, -0.2) is 31.8 Å². The zero-order valence-corrected chi connectivity index (χ0v) is 13.1. The van der Waals surface area contributed by atoms with Gasteiger partial charge in [-0.25, -0.2) is 8.42 Å². The number of ketones is 1. The summed E-state index contributed by atoms with van der Waals surface area (Å²) >= 11 is 0. The minimum Gasteiger partial charge on any atom is -0.480 e. The molecule has 0 atom stereocenters. The van der Waals surface area contributed by atoms with Gasteiger partial charge in [-0.2, -0.15) is 4.72 Å². The highest BCUT2D eigenvalue weighted by atomic mass is 32.2. The first kappa shape index (κ1) is 16.9. The summed E-state index contributed by atoms with van der Waals surface area (Å²) in [6, 6.07) is 13.0. The van der Waals surface area contributed by atoms with Crippen molar-refractivity contribution in [1.29, 1.82) is 0 Å². The lowest BCUT2D eigenvalue weighted by Crippen LogP contribution is -2.29. The van der Waals surface area contributed by atoms with E-state index in [1.807, 2.05) is 4.72 Å². The number of carboxylic acids is 1. The van der Waals surface area contributed by atoms with Crippen molar-refractivity contribution in [3.05, 3.63) is 54.1 Å². The molecule has 0 saturated carbocycles. The van der Waals surface area contributed by atoms with Crippen molar-refractivity contribution in [3.63, 3.8) is 0 Å². The maximum atomic E-state index is 11.9. The summed E-state index contributed by atoms with van der Waals surface area (Å²) < 4.78 is 25.8. The van der Waals surface area contributed by atoms with Gasteiger partial charge in [0, 0.05) is 5.56 Å². The molecule has 0 unspecified atom stereocenters. The molecule has 6 nitrogen and oxygen atoms in total. The van der Waals surface area contributed by atoms with Gasteiger partial charge in [0.05, 0.1) is 4.90 Å². The molecule has 120 valence electrons. The Morgan fingerprint density at radius 2 is 1.43 bits per heavy atom. The molecule has 0 radical (unpaired) electrons. The van der Waals surface area contributed by atoms with E-state index in [4.69, 9.17) is 5.11 Å². The summed E-state index contributed by atoms with van der Waals surface area (Å²) in [5.41, 5.74) is 2.24. The summed E-state index contributed by atoms with van der Waals surface area (Å²) in [5, 5.41) is 8.53. The van der Waals surface area contributed by atoms with E-state index in [1.54, 1.807) is 36.4 Å². The predicted molar refractivity (Wildman–Crippen MR) is 84.7 cm³/mol. The van der Waals surface area contributed by atoms with Crippen molar-refractivity contribution in [3.8, 4) is 11.1 Å². The van der Waals surface area contributed by atoms with E-state index in [9.17, 15) is 18.0 Å². The number of carbonyl (C=O) groups excluding carboxylic acids is 1. The largest absolute Gasteiger partial charge is 0.480 e. The van der Waals surface area contributed by atoms with Gasteiger partial charge in [-0.15, -0.1) is 0 Å². The first-order chi connectivity index (χ1) is 10.8. The van der Waals surface area contributed by atoms with E-state index in [2.05, 4.69) is 0 Å².